The molecule has 0 radical (unpaired) electrons. The Labute approximate surface area is 139 Å². The van der Waals surface area contributed by atoms with Crippen LogP contribution in [0.2, 0.25) is 5.02 Å². The van der Waals surface area contributed by atoms with E-state index in [-0.39, 0.29) is 10.6 Å². The van der Waals surface area contributed by atoms with Gasteiger partial charge >= 0.3 is 0 Å². The lowest BCUT2D eigenvalue weighted by Gasteiger charge is -2.23. The average Bonchev–Trinajstić information content (AvgIpc) is 2.70. The molecule has 22 heavy (non-hydrogen) atoms. The SMILES string of the molecule is Cc1cc2c(s1)CCCCN2S(=O)(=O)c1ccc(Cl)c(N)c1. The van der Waals surface area contributed by atoms with E-state index in [0.717, 1.165) is 34.7 Å². The smallest absolute Gasteiger partial charge is 0.264 e. The molecule has 0 saturated carbocycles. The van der Waals surface area contributed by atoms with Gasteiger partial charge < -0.3 is 5.73 Å². The maximum atomic E-state index is 13.0. The Hall–Kier alpha value is -1.24. The largest absolute Gasteiger partial charge is 0.397 e. The van der Waals surface area contributed by atoms with Gasteiger partial charge in [0.2, 0.25) is 0 Å². The fourth-order valence-electron chi connectivity index (χ4n) is 2.66. The lowest BCUT2D eigenvalue weighted by Crippen LogP contribution is -2.31. The number of sulfonamides is 1. The lowest BCUT2D eigenvalue weighted by atomic mass is 10.2. The van der Waals surface area contributed by atoms with Gasteiger partial charge in [0.15, 0.2) is 0 Å². The van der Waals surface area contributed by atoms with Crippen LogP contribution < -0.4 is 10.0 Å². The number of anilines is 2. The molecule has 0 amide bonds. The van der Waals surface area contributed by atoms with E-state index in [2.05, 4.69) is 0 Å². The summed E-state index contributed by atoms with van der Waals surface area (Å²) in [5, 5.41) is 0.363. The maximum absolute atomic E-state index is 13.0. The minimum Gasteiger partial charge on any atom is -0.397 e. The number of fused-ring (bicyclic) bond motifs is 1. The van der Waals surface area contributed by atoms with Crippen molar-refractivity contribution < 1.29 is 8.42 Å². The van der Waals surface area contributed by atoms with Crippen molar-refractivity contribution in [3.63, 3.8) is 0 Å². The highest BCUT2D eigenvalue weighted by molar-refractivity contribution is 7.92. The highest BCUT2D eigenvalue weighted by Gasteiger charge is 2.29. The molecule has 118 valence electrons. The van der Waals surface area contributed by atoms with Crippen molar-refractivity contribution in [2.45, 2.75) is 31.1 Å². The van der Waals surface area contributed by atoms with E-state index in [1.165, 1.54) is 22.5 Å². The van der Waals surface area contributed by atoms with E-state index in [1.807, 2.05) is 13.0 Å². The fraction of sp³-hybridized carbons (Fsp3) is 0.333. The molecule has 2 aromatic rings. The fourth-order valence-corrected chi connectivity index (χ4v) is 5.48. The highest BCUT2D eigenvalue weighted by Crippen LogP contribution is 2.37. The van der Waals surface area contributed by atoms with Crippen LogP contribution in [0, 0.1) is 6.92 Å². The Morgan fingerprint density at radius 3 is 2.77 bits per heavy atom. The number of nitrogens with zero attached hydrogens (tertiary/aromatic N) is 1. The number of halogens is 1. The normalized spacial score (nSPS) is 15.5. The molecule has 0 spiro atoms. The van der Waals surface area contributed by atoms with Crippen LogP contribution in [0.1, 0.15) is 22.6 Å². The molecule has 1 aromatic heterocycles. The van der Waals surface area contributed by atoms with E-state index >= 15 is 0 Å². The van der Waals surface area contributed by atoms with Gasteiger partial charge in [-0.05, 0) is 50.5 Å². The van der Waals surface area contributed by atoms with Crippen LogP contribution in [0.4, 0.5) is 11.4 Å². The molecule has 2 N–H and O–H groups in total. The molecule has 1 aliphatic heterocycles. The molecular formula is C15H17ClN2O2S2. The van der Waals surface area contributed by atoms with Crippen molar-refractivity contribution in [2.75, 3.05) is 16.6 Å². The molecular weight excluding hydrogens is 340 g/mol. The first-order valence-corrected chi connectivity index (χ1v) is 9.70. The molecule has 2 heterocycles. The van der Waals surface area contributed by atoms with E-state index in [4.69, 9.17) is 17.3 Å². The van der Waals surface area contributed by atoms with Crippen LogP contribution in [0.25, 0.3) is 0 Å². The molecule has 0 fully saturated rings. The molecule has 3 rings (SSSR count). The van der Waals surface area contributed by atoms with E-state index in [1.54, 1.807) is 11.3 Å². The Kier molecular flexibility index (Phi) is 4.09. The molecule has 0 saturated heterocycles. The summed E-state index contributed by atoms with van der Waals surface area (Å²) >= 11 is 7.57. The molecule has 0 bridgehead atoms. The number of nitrogen functional groups attached to an aromatic ring is 1. The third kappa shape index (κ3) is 2.71. The number of rotatable bonds is 2. The van der Waals surface area contributed by atoms with Crippen molar-refractivity contribution in [1.29, 1.82) is 0 Å². The van der Waals surface area contributed by atoms with Crippen molar-refractivity contribution in [1.82, 2.24) is 0 Å². The second-order valence-corrected chi connectivity index (χ2v) is 8.99. The van der Waals surface area contributed by atoms with Gasteiger partial charge in [-0.1, -0.05) is 11.6 Å². The lowest BCUT2D eigenvalue weighted by molar-refractivity contribution is 0.589. The number of hydrogen-bond donors (Lipinski definition) is 1. The van der Waals surface area contributed by atoms with Crippen molar-refractivity contribution >= 4 is 44.3 Å². The van der Waals surface area contributed by atoms with Crippen LogP contribution in [0.15, 0.2) is 29.2 Å². The van der Waals surface area contributed by atoms with Crippen LogP contribution in [0.3, 0.4) is 0 Å². The zero-order chi connectivity index (χ0) is 15.9. The summed E-state index contributed by atoms with van der Waals surface area (Å²) in [6, 6.07) is 6.43. The highest BCUT2D eigenvalue weighted by atomic mass is 35.5. The standard InChI is InChI=1S/C15H17ClN2O2S2/c1-10-8-14-15(21-10)4-2-3-7-18(14)22(19,20)11-5-6-12(16)13(17)9-11/h5-6,8-9H,2-4,7,17H2,1H3. The van der Waals surface area contributed by atoms with Crippen molar-refractivity contribution in [3.05, 3.63) is 39.0 Å². The van der Waals surface area contributed by atoms with Crippen LogP contribution in [-0.2, 0) is 16.4 Å². The second-order valence-electron chi connectivity index (χ2n) is 5.38. The monoisotopic (exact) mass is 356 g/mol. The molecule has 0 unspecified atom stereocenters. The molecule has 4 nitrogen and oxygen atoms in total. The first kappa shape index (κ1) is 15.6. The summed E-state index contributed by atoms with van der Waals surface area (Å²) in [7, 11) is -3.62. The third-order valence-corrected chi connectivity index (χ3v) is 7.00. The predicted molar refractivity (Wildman–Crippen MR) is 92.4 cm³/mol. The number of thiophene rings is 1. The quantitative estimate of drug-likeness (QED) is 0.832. The van der Waals surface area contributed by atoms with Gasteiger partial charge in [0.25, 0.3) is 10.0 Å². The zero-order valence-electron chi connectivity index (χ0n) is 12.2. The van der Waals surface area contributed by atoms with Gasteiger partial charge in [-0.3, -0.25) is 4.31 Å². The van der Waals surface area contributed by atoms with Gasteiger partial charge in [0, 0.05) is 16.3 Å². The Balaban J connectivity index is 2.10. The summed E-state index contributed by atoms with van der Waals surface area (Å²) in [5.41, 5.74) is 6.85. The number of benzene rings is 1. The Bertz CT molecular complexity index is 815. The van der Waals surface area contributed by atoms with Crippen molar-refractivity contribution in [3.8, 4) is 0 Å². The summed E-state index contributed by atoms with van der Waals surface area (Å²) in [4.78, 5) is 2.45. The summed E-state index contributed by atoms with van der Waals surface area (Å²) in [6.07, 6.45) is 2.78. The van der Waals surface area contributed by atoms with Crippen LogP contribution >= 0.6 is 22.9 Å². The number of nitrogens with two attached hydrogens (primary N) is 1. The first-order valence-electron chi connectivity index (χ1n) is 7.06. The summed E-state index contributed by atoms with van der Waals surface area (Å²) in [6.45, 7) is 2.50. The molecule has 7 heteroatoms. The summed E-state index contributed by atoms with van der Waals surface area (Å²) < 4.78 is 27.5. The van der Waals surface area contributed by atoms with E-state index < -0.39 is 10.0 Å². The topological polar surface area (TPSA) is 63.4 Å². The van der Waals surface area contributed by atoms with Gasteiger partial charge in [0.1, 0.15) is 0 Å². The summed E-state index contributed by atoms with van der Waals surface area (Å²) in [5.74, 6) is 0. The van der Waals surface area contributed by atoms with Gasteiger partial charge in [0.05, 0.1) is 21.3 Å². The van der Waals surface area contributed by atoms with Gasteiger partial charge in [-0.2, -0.15) is 0 Å². The Morgan fingerprint density at radius 1 is 1.27 bits per heavy atom. The molecule has 1 aromatic carbocycles. The predicted octanol–water partition coefficient (Wildman–Crippen LogP) is 3.82. The van der Waals surface area contributed by atoms with Gasteiger partial charge in [-0.25, -0.2) is 8.42 Å². The number of hydrogen-bond acceptors (Lipinski definition) is 4. The second kappa shape index (κ2) is 5.76. The maximum Gasteiger partial charge on any atom is 0.264 e. The number of aryl methyl sites for hydroxylation is 2. The van der Waals surface area contributed by atoms with Crippen LogP contribution in [-0.4, -0.2) is 15.0 Å². The first-order chi connectivity index (χ1) is 10.4. The zero-order valence-corrected chi connectivity index (χ0v) is 14.6. The molecule has 1 aliphatic rings. The average molecular weight is 357 g/mol. The third-order valence-electron chi connectivity index (χ3n) is 3.75. The van der Waals surface area contributed by atoms with E-state index in [9.17, 15) is 8.42 Å². The molecule has 0 atom stereocenters. The van der Waals surface area contributed by atoms with E-state index in [0.29, 0.717) is 11.6 Å². The van der Waals surface area contributed by atoms with Gasteiger partial charge in [-0.15, -0.1) is 11.3 Å². The minimum absolute atomic E-state index is 0.186. The molecule has 0 aliphatic carbocycles. The minimum atomic E-state index is -3.62. The van der Waals surface area contributed by atoms with Crippen LogP contribution in [0.5, 0.6) is 0 Å². The Morgan fingerprint density at radius 2 is 2.05 bits per heavy atom. The van der Waals surface area contributed by atoms with Crippen molar-refractivity contribution in [2.24, 2.45) is 0 Å².